The highest BCUT2D eigenvalue weighted by Crippen LogP contribution is 2.29. The highest BCUT2D eigenvalue weighted by Gasteiger charge is 1.98. The Bertz CT molecular complexity index is 253. The van der Waals surface area contributed by atoms with Crippen LogP contribution < -0.4 is 9.79 Å². The number of rotatable bonds is 7. The molecule has 0 radical (unpaired) electrons. The standard InChI is InChI=1S/C6H15N.C6H13O4P/c1-4-7(5-2)6-3;1-6(5-7)3-2-4-11(8,9)10/h4-6H2,1-3H3;3,7H,2,4-5H2,1H3,(H2,8,9,10)/b;6-3+. The molecule has 0 saturated carbocycles. The number of hydrogen-bond donors (Lipinski definition) is 3. The molecule has 0 spiro atoms. The summed E-state index contributed by atoms with van der Waals surface area (Å²) in [6, 6.07) is 0. The van der Waals surface area contributed by atoms with Crippen LogP contribution in [0, 0.1) is 0 Å². The molecule has 18 heavy (non-hydrogen) atoms. The summed E-state index contributed by atoms with van der Waals surface area (Å²) in [5.41, 5.74) is 0.707. The summed E-state index contributed by atoms with van der Waals surface area (Å²) in [5, 5.41) is 8.49. The molecule has 0 fully saturated rings. The summed E-state index contributed by atoms with van der Waals surface area (Å²) >= 11 is 0. The summed E-state index contributed by atoms with van der Waals surface area (Å²) in [6.45, 7) is 12.1. The van der Waals surface area contributed by atoms with E-state index in [-0.39, 0.29) is 19.2 Å². The number of aliphatic hydroxyl groups excluding tert-OH is 1. The first-order valence-corrected chi connectivity index (χ1v) is 8.19. The molecule has 3 N–H and O–H groups in total. The van der Waals surface area contributed by atoms with Crippen LogP contribution in [0.1, 0.15) is 34.1 Å². The number of nitrogens with one attached hydrogen (secondary N) is 1. The van der Waals surface area contributed by atoms with E-state index in [0.29, 0.717) is 5.57 Å². The lowest BCUT2D eigenvalue weighted by atomic mass is 10.3. The first kappa shape index (κ1) is 20.1. The van der Waals surface area contributed by atoms with Gasteiger partial charge in [-0.05, 0) is 34.1 Å². The molecule has 0 aromatic rings. The molecule has 0 rings (SSSR count). The highest BCUT2D eigenvalue weighted by atomic mass is 31.2. The van der Waals surface area contributed by atoms with Gasteiger partial charge in [0.25, 0.3) is 0 Å². The molecule has 0 aliphatic rings. The average Bonchev–Trinajstić information content (AvgIpc) is 2.30. The zero-order chi connectivity index (χ0) is 14.6. The Morgan fingerprint density at radius 3 is 1.94 bits per heavy atom. The van der Waals surface area contributed by atoms with E-state index in [0.717, 1.165) is 0 Å². The maximum Gasteiger partial charge on any atom is 0.132 e. The lowest BCUT2D eigenvalue weighted by Crippen LogP contribution is -3.11. The molecule has 0 saturated heterocycles. The van der Waals surface area contributed by atoms with Crippen molar-refractivity contribution in [3.05, 3.63) is 11.6 Å². The zero-order valence-electron chi connectivity index (χ0n) is 12.0. The van der Waals surface area contributed by atoms with Gasteiger partial charge < -0.3 is 24.4 Å². The third-order valence-corrected chi connectivity index (χ3v) is 3.48. The van der Waals surface area contributed by atoms with Crippen molar-refractivity contribution in [1.82, 2.24) is 0 Å². The summed E-state index contributed by atoms with van der Waals surface area (Å²) in [6.07, 6.45) is 1.58. The maximum absolute atomic E-state index is 10.2. The highest BCUT2D eigenvalue weighted by molar-refractivity contribution is 7.50. The third kappa shape index (κ3) is 15.8. The van der Waals surface area contributed by atoms with Gasteiger partial charge in [-0.15, -0.1) is 0 Å². The molecule has 0 aromatic carbocycles. The molecule has 0 aliphatic carbocycles. The second-order valence-electron chi connectivity index (χ2n) is 4.17. The van der Waals surface area contributed by atoms with Gasteiger partial charge in [0, 0.05) is 6.16 Å². The Hall–Kier alpha value is -0.190. The molecule has 0 amide bonds. The van der Waals surface area contributed by atoms with Crippen LogP contribution in [-0.4, -0.2) is 42.4 Å². The molecule has 6 heteroatoms. The van der Waals surface area contributed by atoms with Crippen molar-refractivity contribution in [3.8, 4) is 0 Å². The van der Waals surface area contributed by atoms with Gasteiger partial charge >= 0.3 is 0 Å². The summed E-state index contributed by atoms with van der Waals surface area (Å²) in [4.78, 5) is 20.2. The van der Waals surface area contributed by atoms with Crippen LogP contribution in [0.5, 0.6) is 0 Å². The van der Waals surface area contributed by atoms with E-state index in [9.17, 15) is 9.46 Å². The maximum atomic E-state index is 10.2. The van der Waals surface area contributed by atoms with Gasteiger partial charge in [-0.1, -0.05) is 11.6 Å². The van der Waals surface area contributed by atoms with Crippen LogP contribution in [-0.2, 0) is 4.57 Å². The van der Waals surface area contributed by atoms with E-state index in [1.165, 1.54) is 19.6 Å². The van der Waals surface area contributed by atoms with Gasteiger partial charge in [-0.2, -0.15) is 0 Å². The van der Waals surface area contributed by atoms with Crippen molar-refractivity contribution in [2.24, 2.45) is 0 Å². The first-order chi connectivity index (χ1) is 8.30. The Morgan fingerprint density at radius 1 is 1.28 bits per heavy atom. The van der Waals surface area contributed by atoms with Gasteiger partial charge in [0.15, 0.2) is 0 Å². The monoisotopic (exact) mass is 281 g/mol. The second kappa shape index (κ2) is 11.9. The average molecular weight is 281 g/mol. The van der Waals surface area contributed by atoms with Crippen LogP contribution in [0.4, 0.5) is 0 Å². The van der Waals surface area contributed by atoms with Gasteiger partial charge in [-0.3, -0.25) is 0 Å². The Kier molecular flexibility index (Phi) is 13.3. The van der Waals surface area contributed by atoms with Crippen molar-refractivity contribution < 1.29 is 24.4 Å². The van der Waals surface area contributed by atoms with Gasteiger partial charge in [0.05, 0.1) is 26.2 Å². The van der Waals surface area contributed by atoms with Crippen LogP contribution in [0.15, 0.2) is 11.6 Å². The largest absolute Gasteiger partial charge is 0.779 e. The molecule has 5 nitrogen and oxygen atoms in total. The number of quaternary nitrogens is 1. The van der Waals surface area contributed by atoms with Gasteiger partial charge in [0.2, 0.25) is 0 Å². The van der Waals surface area contributed by atoms with Crippen molar-refractivity contribution in [3.63, 3.8) is 0 Å². The molecule has 0 aliphatic heterocycles. The van der Waals surface area contributed by atoms with Gasteiger partial charge in [0.1, 0.15) is 7.60 Å². The molecule has 110 valence electrons. The quantitative estimate of drug-likeness (QED) is 0.445. The normalized spacial score (nSPS) is 15.0. The molecular weight excluding hydrogens is 253 g/mol. The van der Waals surface area contributed by atoms with Crippen molar-refractivity contribution in [2.75, 3.05) is 32.4 Å². The van der Waals surface area contributed by atoms with Crippen LogP contribution in [0.3, 0.4) is 0 Å². The fraction of sp³-hybridized carbons (Fsp3) is 0.833. The zero-order valence-corrected chi connectivity index (χ0v) is 12.9. The molecule has 0 bridgehead atoms. The first-order valence-electron chi connectivity index (χ1n) is 6.43. The van der Waals surface area contributed by atoms with Crippen LogP contribution in [0.25, 0.3) is 0 Å². The van der Waals surface area contributed by atoms with Crippen molar-refractivity contribution in [2.45, 2.75) is 34.1 Å². The van der Waals surface area contributed by atoms with E-state index in [1.807, 2.05) is 0 Å². The molecule has 0 aromatic heterocycles. The van der Waals surface area contributed by atoms with E-state index in [1.54, 1.807) is 17.9 Å². The summed E-state index contributed by atoms with van der Waals surface area (Å²) in [7, 11) is -4.11. The van der Waals surface area contributed by atoms with Crippen molar-refractivity contribution in [1.29, 1.82) is 0 Å². The Morgan fingerprint density at radius 2 is 1.72 bits per heavy atom. The second-order valence-corrected chi connectivity index (χ2v) is 5.89. The minimum atomic E-state index is -4.11. The van der Waals surface area contributed by atoms with E-state index < -0.39 is 7.60 Å². The number of allylic oxidation sites excluding steroid dienone is 1. The van der Waals surface area contributed by atoms with Crippen LogP contribution in [0.2, 0.25) is 0 Å². The Balaban J connectivity index is 0. The molecular formula is C12H28NO4P. The van der Waals surface area contributed by atoms with Crippen molar-refractivity contribution >= 4 is 7.60 Å². The fourth-order valence-corrected chi connectivity index (χ4v) is 1.74. The predicted octanol–water partition coefficient (Wildman–Crippen LogP) is -0.208. The fourth-order valence-electron chi connectivity index (χ4n) is 1.29. The molecule has 1 unspecified atom stereocenters. The molecule has 0 heterocycles. The Labute approximate surface area is 111 Å². The third-order valence-electron chi connectivity index (χ3n) is 2.65. The topological polar surface area (TPSA) is 85.0 Å². The minimum absolute atomic E-state index is 0.0748. The lowest BCUT2D eigenvalue weighted by Gasteiger charge is -2.13. The summed E-state index contributed by atoms with van der Waals surface area (Å²) < 4.78 is 10.2. The SMILES string of the molecule is C/C(=C\CCP(=O)([O-])O)CO.CC[NH+](CC)CC. The van der Waals surface area contributed by atoms with E-state index in [4.69, 9.17) is 10.00 Å². The van der Waals surface area contributed by atoms with E-state index >= 15 is 0 Å². The molecule has 1 atom stereocenters. The lowest BCUT2D eigenvalue weighted by molar-refractivity contribution is -0.894. The minimum Gasteiger partial charge on any atom is -0.779 e. The van der Waals surface area contributed by atoms with E-state index in [2.05, 4.69) is 20.8 Å². The predicted molar refractivity (Wildman–Crippen MR) is 72.7 cm³/mol. The summed E-state index contributed by atoms with van der Waals surface area (Å²) in [5.74, 6) is 0. The number of aliphatic hydroxyl groups is 1. The smallest absolute Gasteiger partial charge is 0.132 e. The van der Waals surface area contributed by atoms with Gasteiger partial charge in [-0.25, -0.2) is 0 Å². The number of hydrogen-bond acceptors (Lipinski definition) is 3. The van der Waals surface area contributed by atoms with Crippen LogP contribution >= 0.6 is 7.60 Å².